The minimum atomic E-state index is -3.04. The van der Waals surface area contributed by atoms with Crippen LogP contribution in [0.1, 0.15) is 18.5 Å². The maximum atomic E-state index is 11.5. The zero-order chi connectivity index (χ0) is 14.6. The molecule has 2 heterocycles. The summed E-state index contributed by atoms with van der Waals surface area (Å²) in [7, 11) is -1.12. The van der Waals surface area contributed by atoms with E-state index < -0.39 is 10.0 Å². The molecular formula is C13H24N4O2S. The van der Waals surface area contributed by atoms with Crippen LogP contribution in [0.15, 0.2) is 12.3 Å². The Labute approximate surface area is 121 Å². The Morgan fingerprint density at radius 2 is 2.30 bits per heavy atom. The smallest absolute Gasteiger partial charge is 0.211 e. The van der Waals surface area contributed by atoms with Gasteiger partial charge in [-0.25, -0.2) is 12.7 Å². The number of rotatable bonds is 6. The average molecular weight is 300 g/mol. The summed E-state index contributed by atoms with van der Waals surface area (Å²) in [6.07, 6.45) is 6.20. The lowest BCUT2D eigenvalue weighted by molar-refractivity contribution is 0.262. The van der Waals surface area contributed by atoms with Crippen LogP contribution < -0.4 is 5.32 Å². The molecule has 1 N–H and O–H groups in total. The van der Waals surface area contributed by atoms with Crippen molar-refractivity contribution in [3.8, 4) is 0 Å². The SMILES string of the molecule is Cn1ccc(CCNCC2CCCN(S(C)(=O)=O)C2)n1. The molecule has 1 unspecified atom stereocenters. The molecular weight excluding hydrogens is 276 g/mol. The minimum Gasteiger partial charge on any atom is -0.316 e. The van der Waals surface area contributed by atoms with Crippen molar-refractivity contribution in [2.45, 2.75) is 19.3 Å². The summed E-state index contributed by atoms with van der Waals surface area (Å²) < 4.78 is 26.5. The standard InChI is InChI=1S/C13H24N4O2S/c1-16-9-6-13(15-16)5-7-14-10-12-4-3-8-17(11-12)20(2,18)19/h6,9,12,14H,3-5,7-8,10-11H2,1-2H3. The molecule has 2 rings (SSSR count). The Morgan fingerprint density at radius 1 is 1.50 bits per heavy atom. The highest BCUT2D eigenvalue weighted by Gasteiger charge is 2.25. The second-order valence-corrected chi connectivity index (χ2v) is 7.55. The highest BCUT2D eigenvalue weighted by atomic mass is 32.2. The van der Waals surface area contributed by atoms with Crippen LogP contribution in [0.25, 0.3) is 0 Å². The van der Waals surface area contributed by atoms with Gasteiger partial charge in [0, 0.05) is 39.3 Å². The van der Waals surface area contributed by atoms with E-state index in [9.17, 15) is 8.42 Å². The van der Waals surface area contributed by atoms with Crippen molar-refractivity contribution in [3.63, 3.8) is 0 Å². The zero-order valence-corrected chi connectivity index (χ0v) is 13.1. The predicted octanol–water partition coefficient (Wildman–Crippen LogP) is 0.224. The van der Waals surface area contributed by atoms with Crippen LogP contribution in [0.5, 0.6) is 0 Å². The van der Waals surface area contributed by atoms with Crippen LogP contribution in [-0.4, -0.2) is 54.9 Å². The van der Waals surface area contributed by atoms with Crippen LogP contribution in [-0.2, 0) is 23.5 Å². The van der Waals surface area contributed by atoms with Crippen LogP contribution in [0.4, 0.5) is 0 Å². The molecule has 6 nitrogen and oxygen atoms in total. The third-order valence-electron chi connectivity index (χ3n) is 3.71. The van der Waals surface area contributed by atoms with Gasteiger partial charge in [0.2, 0.25) is 10.0 Å². The zero-order valence-electron chi connectivity index (χ0n) is 12.2. The predicted molar refractivity (Wildman–Crippen MR) is 78.9 cm³/mol. The second kappa shape index (κ2) is 6.69. The van der Waals surface area contributed by atoms with Gasteiger partial charge in [-0.2, -0.15) is 5.10 Å². The molecule has 1 atom stereocenters. The van der Waals surface area contributed by atoms with Gasteiger partial charge in [-0.05, 0) is 31.4 Å². The van der Waals surface area contributed by atoms with Gasteiger partial charge in [-0.15, -0.1) is 0 Å². The lowest BCUT2D eigenvalue weighted by Crippen LogP contribution is -2.42. The summed E-state index contributed by atoms with van der Waals surface area (Å²) in [6.45, 7) is 3.07. The van der Waals surface area contributed by atoms with Gasteiger partial charge in [0.1, 0.15) is 0 Å². The van der Waals surface area contributed by atoms with Gasteiger partial charge in [0.25, 0.3) is 0 Å². The van der Waals surface area contributed by atoms with Crippen LogP contribution in [0, 0.1) is 5.92 Å². The normalized spacial score (nSPS) is 21.2. The molecule has 1 aliphatic heterocycles. The number of aryl methyl sites for hydroxylation is 1. The number of aromatic nitrogens is 2. The average Bonchev–Trinajstić information content (AvgIpc) is 2.80. The Balaban J connectivity index is 1.69. The fourth-order valence-corrected chi connectivity index (χ4v) is 3.56. The Hall–Kier alpha value is -0.920. The van der Waals surface area contributed by atoms with E-state index >= 15 is 0 Å². The monoisotopic (exact) mass is 300 g/mol. The fourth-order valence-electron chi connectivity index (χ4n) is 2.61. The van der Waals surface area contributed by atoms with E-state index in [0.717, 1.165) is 38.0 Å². The number of sulfonamides is 1. The van der Waals surface area contributed by atoms with Gasteiger partial charge in [-0.3, -0.25) is 4.68 Å². The first kappa shape index (κ1) is 15.5. The Bertz CT molecular complexity index is 526. The number of hydrogen-bond donors (Lipinski definition) is 1. The fraction of sp³-hybridized carbons (Fsp3) is 0.769. The maximum absolute atomic E-state index is 11.5. The molecule has 0 spiro atoms. The van der Waals surface area contributed by atoms with Crippen molar-refractivity contribution < 1.29 is 8.42 Å². The van der Waals surface area contributed by atoms with Gasteiger partial charge in [0.15, 0.2) is 0 Å². The number of nitrogens with one attached hydrogen (secondary N) is 1. The third kappa shape index (κ3) is 4.57. The van der Waals surface area contributed by atoms with Crippen LogP contribution in [0.2, 0.25) is 0 Å². The van der Waals surface area contributed by atoms with Crippen molar-refractivity contribution in [2.24, 2.45) is 13.0 Å². The first-order valence-corrected chi connectivity index (χ1v) is 8.94. The number of hydrogen-bond acceptors (Lipinski definition) is 4. The quantitative estimate of drug-likeness (QED) is 0.764. The molecule has 0 radical (unpaired) electrons. The first-order chi connectivity index (χ1) is 9.45. The molecule has 1 saturated heterocycles. The summed E-state index contributed by atoms with van der Waals surface area (Å²) in [6, 6.07) is 2.02. The highest BCUT2D eigenvalue weighted by Crippen LogP contribution is 2.17. The van der Waals surface area contributed by atoms with Gasteiger partial charge in [-0.1, -0.05) is 0 Å². The van der Waals surface area contributed by atoms with Crippen molar-refractivity contribution in [3.05, 3.63) is 18.0 Å². The van der Waals surface area contributed by atoms with Crippen molar-refractivity contribution in [1.29, 1.82) is 0 Å². The van der Waals surface area contributed by atoms with E-state index in [4.69, 9.17) is 0 Å². The van der Waals surface area contributed by atoms with Gasteiger partial charge < -0.3 is 5.32 Å². The third-order valence-corrected chi connectivity index (χ3v) is 4.98. The highest BCUT2D eigenvalue weighted by molar-refractivity contribution is 7.88. The largest absolute Gasteiger partial charge is 0.316 e. The van der Waals surface area contributed by atoms with E-state index in [1.165, 1.54) is 6.26 Å². The summed E-state index contributed by atoms with van der Waals surface area (Å²) in [4.78, 5) is 0. The molecule has 0 saturated carbocycles. The number of piperidine rings is 1. The summed E-state index contributed by atoms with van der Waals surface area (Å²) in [5.74, 6) is 0.419. The molecule has 0 amide bonds. The summed E-state index contributed by atoms with van der Waals surface area (Å²) in [5.41, 5.74) is 1.08. The Morgan fingerprint density at radius 3 is 2.95 bits per heavy atom. The van der Waals surface area contributed by atoms with E-state index in [1.54, 1.807) is 8.99 Å². The van der Waals surface area contributed by atoms with Crippen LogP contribution in [0.3, 0.4) is 0 Å². The molecule has 1 aromatic heterocycles. The molecule has 0 aromatic carbocycles. The molecule has 20 heavy (non-hydrogen) atoms. The topological polar surface area (TPSA) is 67.2 Å². The molecule has 0 bridgehead atoms. The number of nitrogens with zero attached hydrogens (tertiary/aromatic N) is 3. The lowest BCUT2D eigenvalue weighted by Gasteiger charge is -2.31. The van der Waals surface area contributed by atoms with E-state index in [2.05, 4.69) is 10.4 Å². The van der Waals surface area contributed by atoms with E-state index in [1.807, 2.05) is 19.3 Å². The summed E-state index contributed by atoms with van der Waals surface area (Å²) >= 11 is 0. The van der Waals surface area contributed by atoms with Crippen LogP contribution >= 0.6 is 0 Å². The molecule has 114 valence electrons. The Kier molecular flexibility index (Phi) is 5.17. The first-order valence-electron chi connectivity index (χ1n) is 7.09. The maximum Gasteiger partial charge on any atom is 0.211 e. The van der Waals surface area contributed by atoms with E-state index in [0.29, 0.717) is 19.0 Å². The molecule has 1 aliphatic rings. The second-order valence-electron chi connectivity index (χ2n) is 5.56. The molecule has 7 heteroatoms. The van der Waals surface area contributed by atoms with Gasteiger partial charge in [0.05, 0.1) is 11.9 Å². The summed E-state index contributed by atoms with van der Waals surface area (Å²) in [5, 5.41) is 7.74. The molecule has 1 aromatic rings. The van der Waals surface area contributed by atoms with Crippen molar-refractivity contribution in [2.75, 3.05) is 32.4 Å². The van der Waals surface area contributed by atoms with E-state index in [-0.39, 0.29) is 0 Å². The molecule has 1 fully saturated rings. The van der Waals surface area contributed by atoms with Gasteiger partial charge >= 0.3 is 0 Å². The lowest BCUT2D eigenvalue weighted by atomic mass is 10.00. The van der Waals surface area contributed by atoms with Crippen molar-refractivity contribution >= 4 is 10.0 Å². The molecule has 0 aliphatic carbocycles. The van der Waals surface area contributed by atoms with Crippen molar-refractivity contribution in [1.82, 2.24) is 19.4 Å². The minimum absolute atomic E-state index is 0.419.